The average molecular weight is 861 g/mol. The van der Waals surface area contributed by atoms with Gasteiger partial charge in [0.15, 0.2) is 0 Å². The summed E-state index contributed by atoms with van der Waals surface area (Å²) in [6.45, 7) is 4.51. The zero-order chi connectivity index (χ0) is 43.7. The van der Waals surface area contributed by atoms with E-state index in [1.807, 2.05) is 0 Å². The molecule has 0 bridgehead atoms. The van der Waals surface area contributed by atoms with Crippen LogP contribution in [0.1, 0.15) is 174 Å². The van der Waals surface area contributed by atoms with Crippen LogP contribution < -0.4 is 16.4 Å². The van der Waals surface area contributed by atoms with E-state index in [4.69, 9.17) is 24.7 Å². The number of ether oxygens (including phenoxy) is 4. The van der Waals surface area contributed by atoms with Crippen molar-refractivity contribution in [2.45, 2.75) is 186 Å². The van der Waals surface area contributed by atoms with Gasteiger partial charge in [-0.15, -0.1) is 0 Å². The summed E-state index contributed by atoms with van der Waals surface area (Å²) >= 11 is 0. The SMILES string of the molecule is COCCN(CCOC(=O)CC1CCC(CC2CCC(CC(=O)OCCCCOC(=O)NC3CCC(CC4CCC(NC(C)=O)CC4)CC3)CC2)CC1)C(=O)CCCCCN. The summed E-state index contributed by atoms with van der Waals surface area (Å²) in [7, 11) is 1.62. The molecule has 0 spiro atoms. The van der Waals surface area contributed by atoms with Crippen molar-refractivity contribution in [1.82, 2.24) is 15.5 Å². The van der Waals surface area contributed by atoms with Crippen molar-refractivity contribution in [1.29, 1.82) is 0 Å². The fourth-order valence-electron chi connectivity index (χ4n) is 10.6. The number of carbonyl (C=O) groups is 5. The Balaban J connectivity index is 0.946. The molecule has 4 aliphatic carbocycles. The van der Waals surface area contributed by atoms with Crippen LogP contribution in [0, 0.1) is 35.5 Å². The zero-order valence-corrected chi connectivity index (χ0v) is 38.2. The Morgan fingerprint density at radius 1 is 0.525 bits per heavy atom. The maximum atomic E-state index is 12.7. The van der Waals surface area contributed by atoms with Crippen LogP contribution in [0.5, 0.6) is 0 Å². The second-order valence-corrected chi connectivity index (χ2v) is 19.2. The third-order valence-corrected chi connectivity index (χ3v) is 14.3. The maximum absolute atomic E-state index is 12.7. The van der Waals surface area contributed by atoms with E-state index in [0.29, 0.717) is 101 Å². The molecule has 4 fully saturated rings. The van der Waals surface area contributed by atoms with Crippen molar-refractivity contribution >= 4 is 29.8 Å². The third kappa shape index (κ3) is 21.3. The van der Waals surface area contributed by atoms with Crippen LogP contribution in [-0.4, -0.2) is 100 Å². The summed E-state index contributed by atoms with van der Waals surface area (Å²) in [4.78, 5) is 63.4. The number of nitrogens with zero attached hydrogens (tertiary/aromatic N) is 1. The molecule has 0 aromatic rings. The van der Waals surface area contributed by atoms with Crippen LogP contribution in [-0.2, 0) is 38.1 Å². The Labute approximate surface area is 367 Å². The summed E-state index contributed by atoms with van der Waals surface area (Å²) in [6.07, 6.45) is 25.5. The lowest BCUT2D eigenvalue weighted by atomic mass is 9.72. The fourth-order valence-corrected chi connectivity index (χ4v) is 10.6. The number of alkyl carbamates (subject to hydrolysis) is 1. The fraction of sp³-hybridized carbons (Fsp3) is 0.896. The molecule has 4 N–H and O–H groups in total. The van der Waals surface area contributed by atoms with Crippen LogP contribution in [0.3, 0.4) is 0 Å². The van der Waals surface area contributed by atoms with Crippen LogP contribution in [0.15, 0.2) is 0 Å². The van der Waals surface area contributed by atoms with Gasteiger partial charge in [0.05, 0.1) is 26.4 Å². The highest BCUT2D eigenvalue weighted by atomic mass is 16.6. The smallest absolute Gasteiger partial charge is 0.407 e. The largest absolute Gasteiger partial charge is 0.466 e. The molecule has 4 aliphatic rings. The van der Waals surface area contributed by atoms with E-state index in [-0.39, 0.29) is 42.5 Å². The minimum absolute atomic E-state index is 0.0721. The molecule has 0 aliphatic heterocycles. The minimum atomic E-state index is -0.341. The topological polar surface area (TPSA) is 176 Å². The van der Waals surface area contributed by atoms with Gasteiger partial charge in [-0.2, -0.15) is 0 Å². The predicted octanol–water partition coefficient (Wildman–Crippen LogP) is 8.00. The lowest BCUT2D eigenvalue weighted by Crippen LogP contribution is -2.39. The molecule has 0 unspecified atom stereocenters. The molecule has 0 aromatic heterocycles. The van der Waals surface area contributed by atoms with Crippen molar-refractivity contribution in [3.05, 3.63) is 0 Å². The summed E-state index contributed by atoms with van der Waals surface area (Å²) in [5.41, 5.74) is 5.56. The first kappa shape index (κ1) is 50.7. The number of unbranched alkanes of at least 4 members (excludes halogenated alkanes) is 3. The first-order chi connectivity index (χ1) is 29.6. The molecule has 3 amide bonds. The average Bonchev–Trinajstić information content (AvgIpc) is 3.24. The van der Waals surface area contributed by atoms with Crippen LogP contribution in [0.4, 0.5) is 4.79 Å². The van der Waals surface area contributed by atoms with Crippen molar-refractivity contribution in [2.24, 2.45) is 41.2 Å². The molecule has 61 heavy (non-hydrogen) atoms. The molecule has 4 rings (SSSR count). The predicted molar refractivity (Wildman–Crippen MR) is 236 cm³/mol. The Morgan fingerprint density at radius 2 is 0.967 bits per heavy atom. The lowest BCUT2D eigenvalue weighted by Gasteiger charge is -2.34. The van der Waals surface area contributed by atoms with Gasteiger partial charge < -0.3 is 40.2 Å². The number of amides is 3. The number of nitrogens with two attached hydrogens (primary N) is 1. The lowest BCUT2D eigenvalue weighted by molar-refractivity contribution is -0.147. The van der Waals surface area contributed by atoms with E-state index >= 15 is 0 Å². The summed E-state index contributed by atoms with van der Waals surface area (Å²) < 4.78 is 21.7. The molecular formula is C48H84N4O9. The number of hydrogen-bond acceptors (Lipinski definition) is 10. The van der Waals surface area contributed by atoms with E-state index in [2.05, 4.69) is 10.6 Å². The highest BCUT2D eigenvalue weighted by Crippen LogP contribution is 2.40. The van der Waals surface area contributed by atoms with Crippen molar-refractivity contribution in [3.8, 4) is 0 Å². The molecule has 350 valence electrons. The Bertz CT molecular complexity index is 1270. The van der Waals surface area contributed by atoms with E-state index in [1.165, 1.54) is 38.5 Å². The van der Waals surface area contributed by atoms with Gasteiger partial charge in [0.25, 0.3) is 0 Å². The Hall–Kier alpha value is -2.93. The molecule has 0 saturated heterocycles. The number of carbonyl (C=O) groups excluding carboxylic acids is 5. The van der Waals surface area contributed by atoms with E-state index in [0.717, 1.165) is 108 Å². The van der Waals surface area contributed by atoms with Gasteiger partial charge in [0.2, 0.25) is 11.8 Å². The van der Waals surface area contributed by atoms with Gasteiger partial charge in [-0.05, 0) is 158 Å². The summed E-state index contributed by atoms with van der Waals surface area (Å²) in [5, 5.41) is 6.13. The maximum Gasteiger partial charge on any atom is 0.407 e. The first-order valence-corrected chi connectivity index (χ1v) is 24.6. The van der Waals surface area contributed by atoms with E-state index in [9.17, 15) is 24.0 Å². The summed E-state index contributed by atoms with van der Waals surface area (Å²) in [5.74, 6) is 3.56. The van der Waals surface area contributed by atoms with Crippen LogP contribution >= 0.6 is 0 Å². The van der Waals surface area contributed by atoms with Gasteiger partial charge in [-0.1, -0.05) is 32.1 Å². The van der Waals surface area contributed by atoms with Gasteiger partial charge in [0.1, 0.15) is 6.61 Å². The second-order valence-electron chi connectivity index (χ2n) is 19.2. The highest BCUT2D eigenvalue weighted by Gasteiger charge is 2.30. The first-order valence-electron chi connectivity index (χ1n) is 24.6. The van der Waals surface area contributed by atoms with Crippen molar-refractivity contribution in [2.75, 3.05) is 53.2 Å². The zero-order valence-electron chi connectivity index (χ0n) is 38.2. The molecule has 0 aromatic carbocycles. The monoisotopic (exact) mass is 861 g/mol. The molecule has 0 heterocycles. The van der Waals surface area contributed by atoms with Gasteiger partial charge >= 0.3 is 18.0 Å². The molecule has 13 heteroatoms. The van der Waals surface area contributed by atoms with Gasteiger partial charge in [-0.3, -0.25) is 19.2 Å². The molecule has 13 nitrogen and oxygen atoms in total. The Kier molecular flexibility index (Phi) is 24.5. The summed E-state index contributed by atoms with van der Waals surface area (Å²) in [6, 6.07) is 0.535. The molecule has 4 saturated carbocycles. The molecular weight excluding hydrogens is 777 g/mol. The standard InChI is InChI=1S/C48H84N4O9/c1-36(53)50-43-21-17-39(18-22-43)33-40-19-23-44(24-20-40)51-48(57)61-29-7-6-28-59-46(55)34-41-13-9-37(10-14-41)32-38-11-15-42(16-12-38)35-47(56)60-31-27-52(26-30-58-2)45(54)8-4-3-5-25-49/h37-44H,3-35,49H2,1-2H3,(H,50,53)(H,51,57). The van der Waals surface area contributed by atoms with Gasteiger partial charge in [0, 0.05) is 51.9 Å². The van der Waals surface area contributed by atoms with E-state index < -0.39 is 0 Å². The number of esters is 2. The quantitative estimate of drug-likeness (QED) is 0.0439. The van der Waals surface area contributed by atoms with E-state index in [1.54, 1.807) is 18.9 Å². The van der Waals surface area contributed by atoms with Crippen LogP contribution in [0.25, 0.3) is 0 Å². The van der Waals surface area contributed by atoms with Gasteiger partial charge in [-0.25, -0.2) is 4.79 Å². The number of methoxy groups -OCH3 is 1. The molecule has 0 radical (unpaired) electrons. The van der Waals surface area contributed by atoms with Crippen molar-refractivity contribution in [3.63, 3.8) is 0 Å². The third-order valence-electron chi connectivity index (χ3n) is 14.3. The van der Waals surface area contributed by atoms with Crippen molar-refractivity contribution < 1.29 is 42.9 Å². The number of hydrogen-bond donors (Lipinski definition) is 3. The number of nitrogens with one attached hydrogen (secondary N) is 2. The molecule has 0 atom stereocenters. The minimum Gasteiger partial charge on any atom is -0.466 e. The normalized spacial score (nSPS) is 26.7. The Morgan fingerprint density at radius 3 is 1.46 bits per heavy atom. The second kappa shape index (κ2) is 29.4. The number of rotatable bonds is 26. The highest BCUT2D eigenvalue weighted by molar-refractivity contribution is 5.76. The van der Waals surface area contributed by atoms with Crippen LogP contribution in [0.2, 0.25) is 0 Å².